The highest BCUT2D eigenvalue weighted by molar-refractivity contribution is 6.27. The number of Topliss-reactive ketones (excluding diaryl/α,β-unsaturated/α-hetero) is 1. The summed E-state index contributed by atoms with van der Waals surface area (Å²) < 4.78 is 5.12. The number of carbonyl (C=O) groups excluding carboxylic acids is 1. The first-order valence-electron chi connectivity index (χ1n) is 4.61. The molecule has 0 radical (unpaired) electrons. The Hall–Kier alpha value is -2.09. The third kappa shape index (κ3) is 1.89. The standard InChI is InChI=1S/C13H10O2/c1-10(12-8-5-9-15-12)13(14)11-6-3-2-4-7-11/h2-9H,1H2. The predicted molar refractivity (Wildman–Crippen MR) is 58.5 cm³/mol. The molecule has 2 heteroatoms. The van der Waals surface area contributed by atoms with Gasteiger partial charge in [0.1, 0.15) is 5.76 Å². The first kappa shape index (κ1) is 9.46. The van der Waals surface area contributed by atoms with Crippen molar-refractivity contribution in [1.82, 2.24) is 0 Å². The minimum atomic E-state index is -0.106. The van der Waals surface area contributed by atoms with E-state index < -0.39 is 0 Å². The summed E-state index contributed by atoms with van der Waals surface area (Å²) in [6.07, 6.45) is 1.53. The lowest BCUT2D eigenvalue weighted by molar-refractivity contribution is 0.105. The molecule has 2 aromatic rings. The van der Waals surface area contributed by atoms with Crippen LogP contribution in [0.4, 0.5) is 0 Å². The van der Waals surface area contributed by atoms with E-state index in [4.69, 9.17) is 4.42 Å². The fourth-order valence-corrected chi connectivity index (χ4v) is 1.33. The predicted octanol–water partition coefficient (Wildman–Crippen LogP) is 3.18. The van der Waals surface area contributed by atoms with Crippen molar-refractivity contribution in [2.75, 3.05) is 0 Å². The molecule has 2 rings (SSSR count). The molecule has 1 heterocycles. The molecule has 0 amide bonds. The zero-order valence-corrected chi connectivity index (χ0v) is 8.14. The van der Waals surface area contributed by atoms with Crippen LogP contribution in [0.15, 0.2) is 59.7 Å². The second-order valence-corrected chi connectivity index (χ2v) is 3.15. The van der Waals surface area contributed by atoms with Crippen molar-refractivity contribution in [2.45, 2.75) is 0 Å². The second kappa shape index (κ2) is 3.96. The Morgan fingerprint density at radius 3 is 2.40 bits per heavy atom. The van der Waals surface area contributed by atoms with Crippen molar-refractivity contribution in [3.8, 4) is 0 Å². The number of carbonyl (C=O) groups is 1. The van der Waals surface area contributed by atoms with Crippen LogP contribution in [-0.4, -0.2) is 5.78 Å². The molecular formula is C13H10O2. The van der Waals surface area contributed by atoms with Gasteiger partial charge >= 0.3 is 0 Å². The highest BCUT2D eigenvalue weighted by atomic mass is 16.3. The lowest BCUT2D eigenvalue weighted by Crippen LogP contribution is -2.00. The van der Waals surface area contributed by atoms with E-state index in [-0.39, 0.29) is 5.78 Å². The Kier molecular flexibility index (Phi) is 2.50. The van der Waals surface area contributed by atoms with Crippen LogP contribution in [0, 0.1) is 0 Å². The smallest absolute Gasteiger partial charge is 0.196 e. The number of rotatable bonds is 3. The van der Waals surface area contributed by atoms with Gasteiger partial charge in [-0.2, -0.15) is 0 Å². The number of hydrogen-bond donors (Lipinski definition) is 0. The molecule has 0 N–H and O–H groups in total. The normalized spacial score (nSPS) is 9.87. The van der Waals surface area contributed by atoms with Crippen LogP contribution in [0.3, 0.4) is 0 Å². The van der Waals surface area contributed by atoms with E-state index in [1.54, 1.807) is 24.3 Å². The van der Waals surface area contributed by atoms with Gasteiger partial charge in [0.05, 0.1) is 11.8 Å². The maximum Gasteiger partial charge on any atom is 0.196 e. The molecule has 0 aliphatic carbocycles. The Bertz CT molecular complexity index is 467. The van der Waals surface area contributed by atoms with Gasteiger partial charge < -0.3 is 4.42 Å². The lowest BCUT2D eigenvalue weighted by atomic mass is 10.0. The van der Waals surface area contributed by atoms with E-state index in [9.17, 15) is 4.79 Å². The largest absolute Gasteiger partial charge is 0.464 e. The quantitative estimate of drug-likeness (QED) is 0.560. The van der Waals surface area contributed by atoms with Gasteiger partial charge in [0, 0.05) is 5.56 Å². The molecule has 15 heavy (non-hydrogen) atoms. The van der Waals surface area contributed by atoms with Crippen molar-refractivity contribution in [1.29, 1.82) is 0 Å². The van der Waals surface area contributed by atoms with E-state index in [0.29, 0.717) is 16.9 Å². The van der Waals surface area contributed by atoms with Gasteiger partial charge in [-0.15, -0.1) is 0 Å². The zero-order valence-electron chi connectivity index (χ0n) is 8.14. The average Bonchev–Trinajstić information content (AvgIpc) is 2.82. The second-order valence-electron chi connectivity index (χ2n) is 3.15. The van der Waals surface area contributed by atoms with Crippen molar-refractivity contribution >= 4 is 11.4 Å². The van der Waals surface area contributed by atoms with Crippen LogP contribution < -0.4 is 0 Å². The van der Waals surface area contributed by atoms with Gasteiger partial charge in [0.15, 0.2) is 5.78 Å². The molecule has 0 atom stereocenters. The molecule has 2 nitrogen and oxygen atoms in total. The topological polar surface area (TPSA) is 30.2 Å². The zero-order chi connectivity index (χ0) is 10.7. The van der Waals surface area contributed by atoms with E-state index in [0.717, 1.165) is 0 Å². The van der Waals surface area contributed by atoms with Crippen LogP contribution in [-0.2, 0) is 0 Å². The van der Waals surface area contributed by atoms with Crippen molar-refractivity contribution in [2.24, 2.45) is 0 Å². The summed E-state index contributed by atoms with van der Waals surface area (Å²) >= 11 is 0. The van der Waals surface area contributed by atoms with Gasteiger partial charge in [0.25, 0.3) is 0 Å². The van der Waals surface area contributed by atoms with Crippen LogP contribution in [0.2, 0.25) is 0 Å². The molecule has 0 aliphatic heterocycles. The third-order valence-corrected chi connectivity index (χ3v) is 2.13. The van der Waals surface area contributed by atoms with Gasteiger partial charge in [-0.1, -0.05) is 36.9 Å². The van der Waals surface area contributed by atoms with E-state index in [1.165, 1.54) is 6.26 Å². The van der Waals surface area contributed by atoms with Crippen molar-refractivity contribution in [3.63, 3.8) is 0 Å². The van der Waals surface area contributed by atoms with Crippen LogP contribution >= 0.6 is 0 Å². The first-order chi connectivity index (χ1) is 7.29. The van der Waals surface area contributed by atoms with E-state index in [1.807, 2.05) is 18.2 Å². The lowest BCUT2D eigenvalue weighted by Gasteiger charge is -2.00. The maximum absolute atomic E-state index is 11.9. The summed E-state index contributed by atoms with van der Waals surface area (Å²) in [5, 5.41) is 0. The first-order valence-corrected chi connectivity index (χ1v) is 4.61. The highest BCUT2D eigenvalue weighted by Crippen LogP contribution is 2.17. The summed E-state index contributed by atoms with van der Waals surface area (Å²) in [6, 6.07) is 12.5. The molecule has 0 bridgehead atoms. The molecule has 74 valence electrons. The minimum absolute atomic E-state index is 0.106. The summed E-state index contributed by atoms with van der Waals surface area (Å²) in [6.45, 7) is 3.73. The number of benzene rings is 1. The molecule has 0 fully saturated rings. The molecular weight excluding hydrogens is 188 g/mol. The van der Waals surface area contributed by atoms with Gasteiger partial charge in [-0.05, 0) is 12.1 Å². The summed E-state index contributed by atoms with van der Waals surface area (Å²) in [4.78, 5) is 11.9. The van der Waals surface area contributed by atoms with Gasteiger partial charge in [-0.3, -0.25) is 4.79 Å². The molecule has 0 saturated heterocycles. The number of furan rings is 1. The Balaban J connectivity index is 2.27. The third-order valence-electron chi connectivity index (χ3n) is 2.13. The van der Waals surface area contributed by atoms with Crippen molar-refractivity contribution in [3.05, 3.63) is 66.6 Å². The fourth-order valence-electron chi connectivity index (χ4n) is 1.33. The fraction of sp³-hybridized carbons (Fsp3) is 0. The summed E-state index contributed by atoms with van der Waals surface area (Å²) in [7, 11) is 0. The molecule has 1 aromatic carbocycles. The average molecular weight is 198 g/mol. The van der Waals surface area contributed by atoms with Crippen LogP contribution in [0.5, 0.6) is 0 Å². The summed E-state index contributed by atoms with van der Waals surface area (Å²) in [5.74, 6) is 0.411. The number of ketones is 1. The van der Waals surface area contributed by atoms with Crippen LogP contribution in [0.25, 0.3) is 5.57 Å². The molecule has 0 saturated carbocycles. The Morgan fingerprint density at radius 2 is 1.80 bits per heavy atom. The number of hydrogen-bond acceptors (Lipinski definition) is 2. The Morgan fingerprint density at radius 1 is 1.07 bits per heavy atom. The maximum atomic E-state index is 11.9. The minimum Gasteiger partial charge on any atom is -0.464 e. The summed E-state index contributed by atoms with van der Waals surface area (Å²) in [5.41, 5.74) is 1.00. The SMILES string of the molecule is C=C(C(=O)c1ccccc1)c1ccco1. The van der Waals surface area contributed by atoms with Gasteiger partial charge in [-0.25, -0.2) is 0 Å². The highest BCUT2D eigenvalue weighted by Gasteiger charge is 2.13. The molecule has 0 unspecified atom stereocenters. The number of allylic oxidation sites excluding steroid dienone is 1. The molecule has 0 aliphatic rings. The van der Waals surface area contributed by atoms with E-state index in [2.05, 4.69) is 6.58 Å². The monoisotopic (exact) mass is 198 g/mol. The molecule has 0 spiro atoms. The van der Waals surface area contributed by atoms with Gasteiger partial charge in [0.2, 0.25) is 0 Å². The van der Waals surface area contributed by atoms with Crippen molar-refractivity contribution < 1.29 is 9.21 Å². The van der Waals surface area contributed by atoms with E-state index >= 15 is 0 Å². The molecule has 1 aromatic heterocycles. The Labute approximate surface area is 87.8 Å². The van der Waals surface area contributed by atoms with Crippen LogP contribution in [0.1, 0.15) is 16.1 Å².